The Kier molecular flexibility index (Phi) is 4.98. The number of nitrogens with one attached hydrogen (secondary N) is 4. The number of benzene rings is 1. The number of carbonyl (C=O) groups is 2. The predicted molar refractivity (Wildman–Crippen MR) is 107 cm³/mol. The van der Waals surface area contributed by atoms with Crippen LogP contribution in [-0.4, -0.2) is 30.6 Å². The highest BCUT2D eigenvalue weighted by atomic mass is 16.2. The first-order chi connectivity index (χ1) is 13.0. The lowest BCUT2D eigenvalue weighted by Gasteiger charge is -2.57. The van der Waals surface area contributed by atoms with Crippen LogP contribution < -0.4 is 21.3 Å². The number of carbonyl (C=O) groups excluding carboxylic acids is 2. The van der Waals surface area contributed by atoms with Crippen molar-refractivity contribution >= 4 is 23.3 Å². The van der Waals surface area contributed by atoms with Gasteiger partial charge in [-0.2, -0.15) is 0 Å². The molecule has 0 heterocycles. The van der Waals surface area contributed by atoms with Crippen LogP contribution in [0.3, 0.4) is 0 Å². The molecule has 27 heavy (non-hydrogen) atoms. The Labute approximate surface area is 160 Å². The van der Waals surface area contributed by atoms with E-state index >= 15 is 0 Å². The molecule has 0 aliphatic heterocycles. The summed E-state index contributed by atoms with van der Waals surface area (Å²) >= 11 is 0. The Morgan fingerprint density at radius 2 is 1.59 bits per heavy atom. The number of hydrogen-bond donors (Lipinski definition) is 4. The molecule has 6 heteroatoms. The number of imide groups is 1. The van der Waals surface area contributed by atoms with Crippen molar-refractivity contribution in [1.82, 2.24) is 10.6 Å². The SMILES string of the molecule is CCNC(=O)NC(=O)CNc1ccccc1NC12CC3CC(CC(C3)C1)C2. The summed E-state index contributed by atoms with van der Waals surface area (Å²) in [4.78, 5) is 23.4. The van der Waals surface area contributed by atoms with E-state index in [0.717, 1.165) is 29.1 Å². The highest BCUT2D eigenvalue weighted by Crippen LogP contribution is 2.56. The van der Waals surface area contributed by atoms with Gasteiger partial charge in [0, 0.05) is 12.1 Å². The highest BCUT2D eigenvalue weighted by molar-refractivity contribution is 5.96. The average molecular weight is 370 g/mol. The first kappa shape index (κ1) is 18.1. The summed E-state index contributed by atoms with van der Waals surface area (Å²) in [5, 5.41) is 11.9. The van der Waals surface area contributed by atoms with Gasteiger partial charge in [-0.05, 0) is 75.3 Å². The second-order valence-electron chi connectivity index (χ2n) is 8.63. The molecular weight excluding hydrogens is 340 g/mol. The molecule has 0 spiro atoms. The first-order valence-electron chi connectivity index (χ1n) is 10.2. The molecule has 4 saturated carbocycles. The van der Waals surface area contributed by atoms with Crippen LogP contribution in [0.2, 0.25) is 0 Å². The van der Waals surface area contributed by atoms with E-state index < -0.39 is 6.03 Å². The zero-order chi connectivity index (χ0) is 18.9. The molecule has 1 aromatic rings. The second kappa shape index (κ2) is 7.41. The third-order valence-electron chi connectivity index (χ3n) is 6.39. The smallest absolute Gasteiger partial charge is 0.321 e. The zero-order valence-corrected chi connectivity index (χ0v) is 16.0. The molecule has 0 saturated heterocycles. The quantitative estimate of drug-likeness (QED) is 0.619. The summed E-state index contributed by atoms with van der Waals surface area (Å²) in [5.74, 6) is 2.30. The van der Waals surface area contributed by atoms with E-state index in [-0.39, 0.29) is 18.0 Å². The van der Waals surface area contributed by atoms with Gasteiger partial charge in [-0.25, -0.2) is 4.79 Å². The fourth-order valence-electron chi connectivity index (χ4n) is 5.85. The molecule has 0 aromatic heterocycles. The van der Waals surface area contributed by atoms with Crippen molar-refractivity contribution < 1.29 is 9.59 Å². The molecule has 0 atom stereocenters. The molecule has 4 bridgehead atoms. The van der Waals surface area contributed by atoms with Crippen molar-refractivity contribution in [3.05, 3.63) is 24.3 Å². The molecule has 5 rings (SSSR count). The lowest BCUT2D eigenvalue weighted by atomic mass is 9.53. The van der Waals surface area contributed by atoms with E-state index in [9.17, 15) is 9.59 Å². The Hall–Kier alpha value is -2.24. The summed E-state index contributed by atoms with van der Waals surface area (Å²) in [6.07, 6.45) is 8.06. The van der Waals surface area contributed by atoms with Gasteiger partial charge in [0.25, 0.3) is 0 Å². The molecule has 146 valence electrons. The zero-order valence-electron chi connectivity index (χ0n) is 16.0. The summed E-state index contributed by atoms with van der Waals surface area (Å²) in [5.41, 5.74) is 2.19. The van der Waals surface area contributed by atoms with Crippen LogP contribution in [0.5, 0.6) is 0 Å². The minimum atomic E-state index is -0.454. The summed E-state index contributed by atoms with van der Waals surface area (Å²) in [6, 6.07) is 7.62. The molecule has 0 radical (unpaired) electrons. The van der Waals surface area contributed by atoms with Gasteiger partial charge in [0.2, 0.25) is 5.91 Å². The Bertz CT molecular complexity index is 683. The molecule has 3 amide bonds. The van der Waals surface area contributed by atoms with Crippen molar-refractivity contribution in [2.75, 3.05) is 23.7 Å². The van der Waals surface area contributed by atoms with E-state index in [2.05, 4.69) is 27.3 Å². The number of amides is 3. The van der Waals surface area contributed by atoms with Crippen LogP contribution in [0.15, 0.2) is 24.3 Å². The minimum absolute atomic E-state index is 0.0662. The molecule has 6 nitrogen and oxygen atoms in total. The van der Waals surface area contributed by atoms with Crippen molar-refractivity contribution in [1.29, 1.82) is 0 Å². The molecule has 4 aliphatic carbocycles. The number of anilines is 2. The van der Waals surface area contributed by atoms with E-state index in [1.165, 1.54) is 38.5 Å². The van der Waals surface area contributed by atoms with Gasteiger partial charge in [-0.3, -0.25) is 10.1 Å². The number of para-hydroxylation sites is 2. The summed E-state index contributed by atoms with van der Waals surface area (Å²) in [6.45, 7) is 2.37. The lowest BCUT2D eigenvalue weighted by molar-refractivity contribution is -0.118. The van der Waals surface area contributed by atoms with Crippen LogP contribution >= 0.6 is 0 Å². The predicted octanol–water partition coefficient (Wildman–Crippen LogP) is 3.32. The van der Waals surface area contributed by atoms with Gasteiger partial charge in [0.1, 0.15) is 0 Å². The minimum Gasteiger partial charge on any atom is -0.378 e. The standard InChI is InChI=1S/C21H30N4O2/c1-2-22-20(27)24-19(26)13-23-17-5-3-4-6-18(17)25-21-10-14-7-15(11-21)9-16(8-14)12-21/h3-6,14-16,23,25H,2,7-13H2,1H3,(H2,22,24,26,27). The molecule has 1 aromatic carbocycles. The molecule has 0 unspecified atom stereocenters. The maximum atomic E-state index is 12.0. The van der Waals surface area contributed by atoms with Gasteiger partial charge in [0.05, 0.1) is 17.9 Å². The van der Waals surface area contributed by atoms with Crippen molar-refractivity contribution in [3.8, 4) is 0 Å². The third-order valence-corrected chi connectivity index (χ3v) is 6.39. The Morgan fingerprint density at radius 3 is 2.19 bits per heavy atom. The number of rotatable bonds is 6. The first-order valence-corrected chi connectivity index (χ1v) is 10.2. The van der Waals surface area contributed by atoms with Crippen LogP contribution in [-0.2, 0) is 4.79 Å². The van der Waals surface area contributed by atoms with Gasteiger partial charge in [-0.15, -0.1) is 0 Å². The van der Waals surface area contributed by atoms with Crippen LogP contribution in [0.1, 0.15) is 45.4 Å². The van der Waals surface area contributed by atoms with Crippen molar-refractivity contribution in [3.63, 3.8) is 0 Å². The normalized spacial score (nSPS) is 30.6. The molecule has 4 N–H and O–H groups in total. The molecule has 4 aliphatic rings. The maximum Gasteiger partial charge on any atom is 0.321 e. The van der Waals surface area contributed by atoms with Crippen LogP contribution in [0.25, 0.3) is 0 Å². The van der Waals surface area contributed by atoms with Gasteiger partial charge in [-0.1, -0.05) is 12.1 Å². The van der Waals surface area contributed by atoms with Gasteiger partial charge >= 0.3 is 6.03 Å². The fraction of sp³-hybridized carbons (Fsp3) is 0.619. The maximum absolute atomic E-state index is 12.0. The van der Waals surface area contributed by atoms with E-state index in [0.29, 0.717) is 6.54 Å². The number of urea groups is 1. The fourth-order valence-corrected chi connectivity index (χ4v) is 5.85. The van der Waals surface area contributed by atoms with Crippen LogP contribution in [0.4, 0.5) is 16.2 Å². The van der Waals surface area contributed by atoms with E-state index in [4.69, 9.17) is 0 Å². The molecule has 4 fully saturated rings. The van der Waals surface area contributed by atoms with E-state index in [1.807, 2.05) is 25.1 Å². The lowest BCUT2D eigenvalue weighted by Crippen LogP contribution is -2.54. The van der Waals surface area contributed by atoms with Crippen molar-refractivity contribution in [2.45, 2.75) is 51.0 Å². The van der Waals surface area contributed by atoms with Gasteiger partial charge in [0.15, 0.2) is 0 Å². The van der Waals surface area contributed by atoms with E-state index in [1.54, 1.807) is 0 Å². The largest absolute Gasteiger partial charge is 0.378 e. The van der Waals surface area contributed by atoms with Crippen LogP contribution in [0, 0.1) is 17.8 Å². The summed E-state index contributed by atoms with van der Waals surface area (Å²) < 4.78 is 0. The van der Waals surface area contributed by atoms with Crippen molar-refractivity contribution in [2.24, 2.45) is 17.8 Å². The Morgan fingerprint density at radius 1 is 1.00 bits per heavy atom. The average Bonchev–Trinajstić information content (AvgIpc) is 2.59. The third kappa shape index (κ3) is 4.04. The monoisotopic (exact) mass is 370 g/mol. The van der Waals surface area contributed by atoms with Gasteiger partial charge < -0.3 is 16.0 Å². The Balaban J connectivity index is 1.40. The highest BCUT2D eigenvalue weighted by Gasteiger charge is 2.51. The number of hydrogen-bond acceptors (Lipinski definition) is 4. The second-order valence-corrected chi connectivity index (χ2v) is 8.63. The summed E-state index contributed by atoms with van der Waals surface area (Å²) in [7, 11) is 0. The molecular formula is C21H30N4O2. The topological polar surface area (TPSA) is 82.3 Å².